The van der Waals surface area contributed by atoms with Crippen molar-refractivity contribution in [2.24, 2.45) is 0 Å². The minimum absolute atomic E-state index is 0.0405. The molecule has 2 aromatic heterocycles. The minimum Gasteiger partial charge on any atom is -0.481 e. The Morgan fingerprint density at radius 2 is 2.03 bits per heavy atom. The van der Waals surface area contributed by atoms with Crippen molar-refractivity contribution in [1.29, 1.82) is 0 Å². The molecule has 5 N–H and O–H groups in total. The Kier molecular flexibility index (Phi) is 6.60. The summed E-state index contributed by atoms with van der Waals surface area (Å²) in [6.45, 7) is 2.07. The molecular weight excluding hydrogens is 426 g/mol. The zero-order valence-electron chi connectivity index (χ0n) is 16.3. The van der Waals surface area contributed by atoms with Gasteiger partial charge in [0.05, 0.1) is 17.1 Å². The maximum atomic E-state index is 12.3. The van der Waals surface area contributed by atoms with Gasteiger partial charge in [-0.15, -0.1) is 0 Å². The molecular formula is C19H19N5O6S. The van der Waals surface area contributed by atoms with Gasteiger partial charge < -0.3 is 25.8 Å². The Morgan fingerprint density at radius 1 is 1.26 bits per heavy atom. The number of nitrogens with one attached hydrogen (secondary N) is 3. The molecule has 0 aliphatic heterocycles. The summed E-state index contributed by atoms with van der Waals surface area (Å²) in [6.07, 6.45) is 0.819. The molecule has 0 saturated heterocycles. The van der Waals surface area contributed by atoms with Crippen LogP contribution in [0.25, 0.3) is 10.9 Å². The molecule has 31 heavy (non-hydrogen) atoms. The van der Waals surface area contributed by atoms with Crippen LogP contribution in [0.2, 0.25) is 0 Å². The van der Waals surface area contributed by atoms with Crippen LogP contribution < -0.4 is 16.2 Å². The van der Waals surface area contributed by atoms with Crippen molar-refractivity contribution in [1.82, 2.24) is 20.3 Å². The summed E-state index contributed by atoms with van der Waals surface area (Å²) >= 11 is 1.02. The number of fused-ring (bicyclic) bond motifs is 1. The van der Waals surface area contributed by atoms with E-state index in [2.05, 4.69) is 25.6 Å². The lowest BCUT2D eigenvalue weighted by atomic mass is 10.1. The molecule has 12 heteroatoms. The van der Waals surface area contributed by atoms with Crippen molar-refractivity contribution < 1.29 is 24.6 Å². The molecule has 0 fully saturated rings. The van der Waals surface area contributed by atoms with Gasteiger partial charge >= 0.3 is 11.9 Å². The molecule has 11 nitrogen and oxygen atoms in total. The van der Waals surface area contributed by atoms with Gasteiger partial charge in [-0.1, -0.05) is 17.4 Å². The standard InChI is InChI=1S/C19H19N5O6S/c1-9-22-12-3-2-10(6-11(12)16(27)23-9)7-20-14-8-21-18(31-14)17(28)24-13(19(29)30)4-5-15(25)26/h2-3,6,8,13,20H,4-5,7H2,1H3,(H,24,28)(H,25,26)(H,29,30)(H,22,23,27)/t13-/m1/s1. The first kappa shape index (κ1) is 21.9. The minimum atomic E-state index is -1.32. The number of thiazole rings is 1. The van der Waals surface area contributed by atoms with E-state index in [4.69, 9.17) is 10.2 Å². The van der Waals surface area contributed by atoms with Crippen molar-refractivity contribution in [3.05, 3.63) is 51.1 Å². The van der Waals surface area contributed by atoms with Crippen LogP contribution in [0.5, 0.6) is 0 Å². The monoisotopic (exact) mass is 445 g/mol. The number of nitrogens with zero attached hydrogens (tertiary/aromatic N) is 2. The smallest absolute Gasteiger partial charge is 0.326 e. The second kappa shape index (κ2) is 9.34. The third-order valence-corrected chi connectivity index (χ3v) is 5.26. The molecule has 0 radical (unpaired) electrons. The van der Waals surface area contributed by atoms with E-state index in [1.807, 2.05) is 6.07 Å². The molecule has 0 spiro atoms. The molecule has 162 valence electrons. The largest absolute Gasteiger partial charge is 0.481 e. The predicted octanol–water partition coefficient (Wildman–Crippen LogP) is 1.35. The lowest BCUT2D eigenvalue weighted by Gasteiger charge is -2.12. The number of rotatable bonds is 9. The van der Waals surface area contributed by atoms with Crippen LogP contribution in [0, 0.1) is 6.92 Å². The molecule has 0 aliphatic carbocycles. The van der Waals surface area contributed by atoms with Crippen LogP contribution in [-0.2, 0) is 16.1 Å². The Bertz CT molecular complexity index is 1200. The van der Waals surface area contributed by atoms with Crippen molar-refractivity contribution in [3.63, 3.8) is 0 Å². The summed E-state index contributed by atoms with van der Waals surface area (Å²) in [5, 5.41) is 24.3. The Hall–Kier alpha value is -3.80. The fraction of sp³-hybridized carbons (Fsp3) is 0.263. The lowest BCUT2D eigenvalue weighted by Crippen LogP contribution is -2.41. The fourth-order valence-corrected chi connectivity index (χ4v) is 3.52. The molecule has 2 heterocycles. The Balaban J connectivity index is 1.63. The van der Waals surface area contributed by atoms with Crippen molar-refractivity contribution in [2.45, 2.75) is 32.4 Å². The SMILES string of the molecule is Cc1nc2ccc(CNc3cnc(C(=O)N[C@H](CCC(=O)O)C(=O)O)s3)cc2c(=O)[nH]1. The molecule has 1 aromatic carbocycles. The number of carbonyl (C=O) groups excluding carboxylic acids is 1. The second-order valence-electron chi connectivity index (χ2n) is 6.68. The number of benzene rings is 1. The zero-order chi connectivity index (χ0) is 22.5. The van der Waals surface area contributed by atoms with E-state index in [1.54, 1.807) is 19.1 Å². The van der Waals surface area contributed by atoms with Gasteiger partial charge in [0.15, 0.2) is 5.01 Å². The van der Waals surface area contributed by atoms with E-state index in [1.165, 1.54) is 6.20 Å². The average molecular weight is 445 g/mol. The highest BCUT2D eigenvalue weighted by Gasteiger charge is 2.23. The van der Waals surface area contributed by atoms with Crippen LogP contribution in [0.1, 0.15) is 34.0 Å². The van der Waals surface area contributed by atoms with Gasteiger partial charge in [0, 0.05) is 13.0 Å². The maximum absolute atomic E-state index is 12.3. The highest BCUT2D eigenvalue weighted by molar-refractivity contribution is 7.17. The highest BCUT2D eigenvalue weighted by Crippen LogP contribution is 2.20. The summed E-state index contributed by atoms with van der Waals surface area (Å²) in [7, 11) is 0. The van der Waals surface area contributed by atoms with Gasteiger partial charge in [-0.3, -0.25) is 14.4 Å². The van der Waals surface area contributed by atoms with Crippen molar-refractivity contribution in [3.8, 4) is 0 Å². The third-order valence-electron chi connectivity index (χ3n) is 4.31. The number of carboxylic acids is 2. The lowest BCUT2D eigenvalue weighted by molar-refractivity contribution is -0.140. The number of hydrogen-bond donors (Lipinski definition) is 5. The number of carboxylic acid groups (broad SMARTS) is 2. The normalized spacial score (nSPS) is 11.8. The van der Waals surface area contributed by atoms with Crippen LogP contribution in [0.4, 0.5) is 5.00 Å². The van der Waals surface area contributed by atoms with Crippen LogP contribution >= 0.6 is 11.3 Å². The van der Waals surface area contributed by atoms with Crippen molar-refractivity contribution in [2.75, 3.05) is 5.32 Å². The van der Waals surface area contributed by atoms with Gasteiger partial charge in [0.25, 0.3) is 11.5 Å². The summed E-state index contributed by atoms with van der Waals surface area (Å²) < 4.78 is 0. The number of aromatic nitrogens is 3. The van der Waals surface area contributed by atoms with E-state index < -0.39 is 23.9 Å². The topological polar surface area (TPSA) is 174 Å². The van der Waals surface area contributed by atoms with Gasteiger partial charge in [0.2, 0.25) is 0 Å². The molecule has 0 aliphatic rings. The van der Waals surface area contributed by atoms with Crippen molar-refractivity contribution >= 4 is 45.1 Å². The number of aliphatic carboxylic acids is 2. The molecule has 1 atom stereocenters. The molecule has 3 rings (SSSR count). The summed E-state index contributed by atoms with van der Waals surface area (Å²) in [5.74, 6) is -2.63. The summed E-state index contributed by atoms with van der Waals surface area (Å²) in [5.41, 5.74) is 1.19. The number of aryl methyl sites for hydroxylation is 1. The number of aromatic amines is 1. The summed E-state index contributed by atoms with van der Waals surface area (Å²) in [4.78, 5) is 57.1. The average Bonchev–Trinajstić information content (AvgIpc) is 3.18. The van der Waals surface area contributed by atoms with Gasteiger partial charge in [-0.2, -0.15) is 0 Å². The molecule has 3 aromatic rings. The Labute approximate surface area is 179 Å². The first-order chi connectivity index (χ1) is 14.7. The number of amides is 1. The highest BCUT2D eigenvalue weighted by atomic mass is 32.1. The van der Waals surface area contributed by atoms with E-state index in [0.717, 1.165) is 16.9 Å². The molecule has 0 unspecified atom stereocenters. The first-order valence-electron chi connectivity index (χ1n) is 9.17. The second-order valence-corrected chi connectivity index (χ2v) is 7.71. The van der Waals surface area contributed by atoms with E-state index in [-0.39, 0.29) is 23.4 Å². The Morgan fingerprint density at radius 3 is 2.74 bits per heavy atom. The van der Waals surface area contributed by atoms with E-state index in [9.17, 15) is 19.2 Å². The quantitative estimate of drug-likeness (QED) is 0.325. The van der Waals surface area contributed by atoms with Gasteiger partial charge in [0.1, 0.15) is 16.9 Å². The van der Waals surface area contributed by atoms with Crippen LogP contribution in [-0.4, -0.2) is 49.1 Å². The van der Waals surface area contributed by atoms with Crippen LogP contribution in [0.3, 0.4) is 0 Å². The van der Waals surface area contributed by atoms with Gasteiger partial charge in [-0.05, 0) is 31.0 Å². The summed E-state index contributed by atoms with van der Waals surface area (Å²) in [6, 6.07) is 3.98. The number of anilines is 1. The molecule has 1 amide bonds. The van der Waals surface area contributed by atoms with E-state index >= 15 is 0 Å². The number of carbonyl (C=O) groups is 3. The zero-order valence-corrected chi connectivity index (χ0v) is 17.2. The third kappa shape index (κ3) is 5.63. The van der Waals surface area contributed by atoms with Gasteiger partial charge in [-0.25, -0.2) is 14.8 Å². The number of hydrogen-bond acceptors (Lipinski definition) is 8. The fourth-order valence-electron chi connectivity index (χ4n) is 2.81. The first-order valence-corrected chi connectivity index (χ1v) is 9.99. The van der Waals surface area contributed by atoms with E-state index in [0.29, 0.717) is 28.3 Å². The maximum Gasteiger partial charge on any atom is 0.326 e. The number of H-pyrrole nitrogens is 1. The molecule has 0 saturated carbocycles. The molecule has 0 bridgehead atoms. The van der Waals surface area contributed by atoms with Crippen LogP contribution in [0.15, 0.2) is 29.2 Å². The predicted molar refractivity (Wildman–Crippen MR) is 112 cm³/mol.